The lowest BCUT2D eigenvalue weighted by Gasteiger charge is -2.21. The lowest BCUT2D eigenvalue weighted by atomic mass is 10.2. The average molecular weight is 286 g/mol. The Morgan fingerprint density at radius 3 is 2.65 bits per heavy atom. The highest BCUT2D eigenvalue weighted by atomic mass is 32.1. The van der Waals surface area contributed by atoms with Crippen LogP contribution in [0.25, 0.3) is 0 Å². The van der Waals surface area contributed by atoms with Gasteiger partial charge in [-0.3, -0.25) is 4.98 Å². The fourth-order valence-corrected chi connectivity index (χ4v) is 2.08. The van der Waals surface area contributed by atoms with E-state index in [-0.39, 0.29) is 0 Å². The summed E-state index contributed by atoms with van der Waals surface area (Å²) in [7, 11) is 0. The molecule has 2 aromatic heterocycles. The Labute approximate surface area is 124 Å². The normalized spacial score (nSPS) is 10.3. The van der Waals surface area contributed by atoms with Crippen LogP contribution >= 0.6 is 12.2 Å². The number of hydrogen-bond acceptors (Lipinski definition) is 4. The highest BCUT2D eigenvalue weighted by Gasteiger charge is 2.08. The van der Waals surface area contributed by atoms with E-state index in [0.717, 1.165) is 35.9 Å². The molecule has 0 fully saturated rings. The second-order valence-corrected chi connectivity index (χ2v) is 4.99. The van der Waals surface area contributed by atoms with E-state index in [4.69, 9.17) is 18.0 Å². The van der Waals surface area contributed by atoms with Crippen LogP contribution in [0.3, 0.4) is 0 Å². The van der Waals surface area contributed by atoms with Crippen molar-refractivity contribution in [1.82, 2.24) is 9.97 Å². The number of hydrogen-bond donors (Lipinski definition) is 1. The largest absolute Gasteiger partial charge is 0.389 e. The van der Waals surface area contributed by atoms with E-state index in [1.54, 1.807) is 6.20 Å². The van der Waals surface area contributed by atoms with Gasteiger partial charge in [0.1, 0.15) is 10.8 Å². The van der Waals surface area contributed by atoms with Gasteiger partial charge in [0.25, 0.3) is 0 Å². The molecule has 0 aliphatic rings. The third kappa shape index (κ3) is 3.51. The highest BCUT2D eigenvalue weighted by molar-refractivity contribution is 7.80. The summed E-state index contributed by atoms with van der Waals surface area (Å²) in [5.41, 5.74) is 8.42. The topological polar surface area (TPSA) is 55.0 Å². The van der Waals surface area contributed by atoms with Crippen LogP contribution in [0.2, 0.25) is 0 Å². The lowest BCUT2D eigenvalue weighted by Crippen LogP contribution is -2.24. The molecule has 0 saturated carbocycles. The minimum Gasteiger partial charge on any atom is -0.389 e. The van der Waals surface area contributed by atoms with Gasteiger partial charge in [-0.25, -0.2) is 4.98 Å². The molecule has 2 N–H and O–H groups in total. The summed E-state index contributed by atoms with van der Waals surface area (Å²) >= 11 is 4.93. The molecule has 0 aliphatic carbocycles. The molecule has 0 amide bonds. The van der Waals surface area contributed by atoms with Crippen LogP contribution in [0.4, 0.5) is 5.82 Å². The van der Waals surface area contributed by atoms with Crippen LogP contribution in [0, 0.1) is 6.92 Å². The summed E-state index contributed by atoms with van der Waals surface area (Å²) in [5, 5.41) is 0. The van der Waals surface area contributed by atoms with Crippen LogP contribution in [-0.2, 0) is 6.54 Å². The van der Waals surface area contributed by atoms with E-state index >= 15 is 0 Å². The second-order valence-electron chi connectivity index (χ2n) is 4.55. The van der Waals surface area contributed by atoms with Gasteiger partial charge in [-0.1, -0.05) is 18.3 Å². The molecular weight excluding hydrogens is 268 g/mol. The number of pyridine rings is 2. The number of rotatable bonds is 5. The highest BCUT2D eigenvalue weighted by Crippen LogP contribution is 2.14. The van der Waals surface area contributed by atoms with Crippen LogP contribution in [0.5, 0.6) is 0 Å². The molecule has 0 saturated heterocycles. The number of aromatic nitrogens is 2. The first-order valence-corrected chi connectivity index (χ1v) is 6.94. The monoisotopic (exact) mass is 286 g/mol. The maximum absolute atomic E-state index is 5.58. The van der Waals surface area contributed by atoms with Gasteiger partial charge in [-0.2, -0.15) is 0 Å². The average Bonchev–Trinajstić information content (AvgIpc) is 2.45. The minimum absolute atomic E-state index is 0.368. The van der Waals surface area contributed by atoms with Crippen LogP contribution in [-0.4, -0.2) is 21.5 Å². The molecule has 20 heavy (non-hydrogen) atoms. The lowest BCUT2D eigenvalue weighted by molar-refractivity contribution is 0.790. The van der Waals surface area contributed by atoms with Gasteiger partial charge in [0.15, 0.2) is 0 Å². The van der Waals surface area contributed by atoms with E-state index in [2.05, 4.69) is 21.8 Å². The standard InChI is InChI=1S/C15H18N4S/c1-3-19(10-13-6-4-5-11(2)18-13)14-8-7-12(9-17-14)15(16)20/h4-9H,3,10H2,1-2H3,(H2,16,20). The first-order valence-electron chi connectivity index (χ1n) is 6.53. The number of aryl methyl sites for hydroxylation is 1. The molecule has 0 atom stereocenters. The number of anilines is 1. The van der Waals surface area contributed by atoms with Crippen molar-refractivity contribution in [3.05, 3.63) is 53.5 Å². The number of thiocarbonyl (C=S) groups is 1. The van der Waals surface area contributed by atoms with Gasteiger partial charge >= 0.3 is 0 Å². The van der Waals surface area contributed by atoms with Crippen molar-refractivity contribution in [2.45, 2.75) is 20.4 Å². The van der Waals surface area contributed by atoms with Crippen LogP contribution in [0.15, 0.2) is 36.5 Å². The van der Waals surface area contributed by atoms with E-state index in [9.17, 15) is 0 Å². The smallest absolute Gasteiger partial charge is 0.128 e. The summed E-state index contributed by atoms with van der Waals surface area (Å²) in [6, 6.07) is 9.88. The predicted molar refractivity (Wildman–Crippen MR) is 85.8 cm³/mol. The molecule has 2 aromatic rings. The maximum atomic E-state index is 5.58. The molecule has 4 nitrogen and oxygen atoms in total. The van der Waals surface area contributed by atoms with E-state index < -0.39 is 0 Å². The van der Waals surface area contributed by atoms with Crippen molar-refractivity contribution in [1.29, 1.82) is 0 Å². The first kappa shape index (κ1) is 14.4. The summed E-state index contributed by atoms with van der Waals surface area (Å²) in [6.07, 6.45) is 1.71. The molecule has 2 rings (SSSR count). The summed E-state index contributed by atoms with van der Waals surface area (Å²) in [4.78, 5) is 11.5. The molecule has 104 valence electrons. The number of nitrogens with two attached hydrogens (primary N) is 1. The minimum atomic E-state index is 0.368. The third-order valence-corrected chi connectivity index (χ3v) is 3.27. The Morgan fingerprint density at radius 1 is 1.30 bits per heavy atom. The summed E-state index contributed by atoms with van der Waals surface area (Å²) < 4.78 is 0. The number of nitrogens with zero attached hydrogens (tertiary/aromatic N) is 3. The SMILES string of the molecule is CCN(Cc1cccc(C)n1)c1ccc(C(N)=S)cn1. The van der Waals surface area contributed by atoms with Crippen molar-refractivity contribution in [2.24, 2.45) is 5.73 Å². The Hall–Kier alpha value is -2.01. The van der Waals surface area contributed by atoms with Gasteiger partial charge in [0.2, 0.25) is 0 Å². The molecule has 0 bridgehead atoms. The van der Waals surface area contributed by atoms with Gasteiger partial charge in [-0.15, -0.1) is 0 Å². The molecule has 0 spiro atoms. The van der Waals surface area contributed by atoms with Crippen LogP contribution in [0.1, 0.15) is 23.9 Å². The van der Waals surface area contributed by atoms with Crippen molar-refractivity contribution in [2.75, 3.05) is 11.4 Å². The van der Waals surface area contributed by atoms with E-state index in [0.29, 0.717) is 4.99 Å². The molecule has 5 heteroatoms. The zero-order valence-corrected chi connectivity index (χ0v) is 12.5. The fraction of sp³-hybridized carbons (Fsp3) is 0.267. The predicted octanol–water partition coefficient (Wildman–Crippen LogP) is 2.45. The zero-order valence-electron chi connectivity index (χ0n) is 11.7. The zero-order chi connectivity index (χ0) is 14.5. The first-order chi connectivity index (χ1) is 9.60. The van der Waals surface area contributed by atoms with Crippen molar-refractivity contribution >= 4 is 23.0 Å². The Balaban J connectivity index is 2.17. The fourth-order valence-electron chi connectivity index (χ4n) is 1.96. The van der Waals surface area contributed by atoms with Crippen molar-refractivity contribution in [3.63, 3.8) is 0 Å². The molecule has 0 unspecified atom stereocenters. The summed E-state index contributed by atoms with van der Waals surface area (Å²) in [6.45, 7) is 5.68. The van der Waals surface area contributed by atoms with Gasteiger partial charge in [-0.05, 0) is 38.1 Å². The van der Waals surface area contributed by atoms with E-state index in [1.165, 1.54) is 0 Å². The summed E-state index contributed by atoms with van der Waals surface area (Å²) in [5.74, 6) is 0.899. The van der Waals surface area contributed by atoms with E-state index in [1.807, 2.05) is 37.3 Å². The molecule has 0 radical (unpaired) electrons. The molecular formula is C15H18N4S. The van der Waals surface area contributed by atoms with Crippen LogP contribution < -0.4 is 10.6 Å². The molecule has 0 aromatic carbocycles. The van der Waals surface area contributed by atoms with Crippen molar-refractivity contribution in [3.8, 4) is 0 Å². The molecule has 2 heterocycles. The van der Waals surface area contributed by atoms with Gasteiger partial charge < -0.3 is 10.6 Å². The second kappa shape index (κ2) is 6.43. The van der Waals surface area contributed by atoms with Crippen molar-refractivity contribution < 1.29 is 0 Å². The molecule has 0 aliphatic heterocycles. The Morgan fingerprint density at radius 2 is 2.10 bits per heavy atom. The Kier molecular flexibility index (Phi) is 4.63. The quantitative estimate of drug-likeness (QED) is 0.856. The Bertz CT molecular complexity index is 595. The third-order valence-electron chi connectivity index (χ3n) is 3.04. The van der Waals surface area contributed by atoms with Gasteiger partial charge in [0, 0.05) is 24.0 Å². The van der Waals surface area contributed by atoms with Gasteiger partial charge in [0.05, 0.1) is 12.2 Å². The maximum Gasteiger partial charge on any atom is 0.128 e.